The molecule has 6 rings (SSSR count). The largest absolute Gasteiger partial charge is 1.00 e. The molecule has 0 radical (unpaired) electrons. The van der Waals surface area contributed by atoms with Crippen molar-refractivity contribution < 1.29 is 161 Å². The Morgan fingerprint density at radius 3 is 1.95 bits per heavy atom. The summed E-state index contributed by atoms with van der Waals surface area (Å²) < 4.78 is 66.3. The van der Waals surface area contributed by atoms with Gasteiger partial charge < -0.3 is 31.3 Å². The normalized spacial score (nSPS) is 12.3. The number of carbonyl (C=O) groups is 3. The molecule has 3 N–H and O–H groups in total. The van der Waals surface area contributed by atoms with Gasteiger partial charge in [-0.2, -0.15) is 13.2 Å². The molecule has 0 fully saturated rings. The van der Waals surface area contributed by atoms with Crippen LogP contribution in [0, 0.1) is 24.8 Å². The Balaban J connectivity index is 0.000000918. The maximum Gasteiger partial charge on any atom is 1.00 e. The summed E-state index contributed by atoms with van der Waals surface area (Å²) in [5, 5.41) is 29.0. The molecule has 4 aromatic carbocycles. The summed E-state index contributed by atoms with van der Waals surface area (Å²) in [4.78, 5) is 52.2. The topological polar surface area (TPSA) is 179 Å². The molecular weight excluding hydrogens is 965 g/mol. The van der Waals surface area contributed by atoms with Crippen molar-refractivity contribution in [2.75, 3.05) is 5.33 Å². The molecule has 0 saturated carbocycles. The number of para-hydroxylation sites is 2. The predicted octanol–water partition coefficient (Wildman–Crippen LogP) is 1.71. The second-order valence-electron chi connectivity index (χ2n) is 13.0. The SMILES string of the molecule is Fc1cccc2[nH]cnc12.O=CO[O-].[C-]#[N+]c1ccc(CC(=O)[C@@](C)(O)CBr)cc1C(F)(F)F.[C-]#[N+]c1ccc(CC(=O)[C@@](C)(O)Cn2cnc3c(F)cccc32)cc1Cl.[H-].[K+].[K+]. The average molecular weight is 998 g/mol. The number of H-pyrrole nitrogens is 1. The quantitative estimate of drug-likeness (QED) is 0.0351. The van der Waals surface area contributed by atoms with Gasteiger partial charge in [0, 0.05) is 23.2 Å². The number of nitrogens with one attached hydrogen (secondary N) is 1. The molecule has 0 saturated heterocycles. The number of rotatable bonds is 10. The van der Waals surface area contributed by atoms with Crippen LogP contribution in [-0.2, 0) is 44.8 Å². The van der Waals surface area contributed by atoms with E-state index in [1.54, 1.807) is 47.0 Å². The van der Waals surface area contributed by atoms with E-state index in [0.29, 0.717) is 22.3 Å². The molecule has 13 nitrogen and oxygen atoms in total. The number of nitrogens with zero attached hydrogens (tertiary/aromatic N) is 5. The van der Waals surface area contributed by atoms with E-state index in [2.05, 4.69) is 45.5 Å². The van der Waals surface area contributed by atoms with Crippen LogP contribution in [0.3, 0.4) is 0 Å². The number of fused-ring (bicyclic) bond motifs is 2. The van der Waals surface area contributed by atoms with E-state index in [0.717, 1.165) is 17.6 Å². The molecule has 6 aromatic rings. The van der Waals surface area contributed by atoms with Crippen molar-refractivity contribution in [3.05, 3.63) is 142 Å². The van der Waals surface area contributed by atoms with E-state index in [1.807, 2.05) is 0 Å². The Morgan fingerprint density at radius 2 is 1.44 bits per heavy atom. The summed E-state index contributed by atoms with van der Waals surface area (Å²) in [5.41, 5.74) is -2.05. The summed E-state index contributed by atoms with van der Waals surface area (Å²) >= 11 is 8.95. The second-order valence-corrected chi connectivity index (χ2v) is 13.9. The Morgan fingerprint density at radius 1 is 0.903 bits per heavy atom. The molecule has 62 heavy (non-hydrogen) atoms. The predicted molar refractivity (Wildman–Crippen MR) is 212 cm³/mol. The van der Waals surface area contributed by atoms with Crippen LogP contribution in [0.25, 0.3) is 31.8 Å². The van der Waals surface area contributed by atoms with Gasteiger partial charge in [0.15, 0.2) is 28.9 Å². The number of hydrogen-bond acceptors (Lipinski definition) is 9. The van der Waals surface area contributed by atoms with Crippen LogP contribution < -0.4 is 108 Å². The molecule has 0 bridgehead atoms. The number of imidazole rings is 2. The van der Waals surface area contributed by atoms with E-state index < -0.39 is 46.0 Å². The number of hydrogen-bond donors (Lipinski definition) is 3. The van der Waals surface area contributed by atoms with Crippen molar-refractivity contribution in [3.63, 3.8) is 0 Å². The number of ketones is 2. The number of aliphatic hydroxyl groups is 2. The minimum absolute atomic E-state index is 0. The zero-order valence-corrected chi connectivity index (χ0v) is 41.9. The van der Waals surface area contributed by atoms with E-state index in [-0.39, 0.29) is 157 Å². The third-order valence-electron chi connectivity index (χ3n) is 8.33. The summed E-state index contributed by atoms with van der Waals surface area (Å²) in [6, 6.07) is 17.2. The van der Waals surface area contributed by atoms with Crippen molar-refractivity contribution in [1.82, 2.24) is 19.5 Å². The first kappa shape index (κ1) is 57.2. The van der Waals surface area contributed by atoms with Gasteiger partial charge in [-0.05, 0) is 49.2 Å². The fourth-order valence-corrected chi connectivity index (χ4v) is 5.68. The fourth-order valence-electron chi connectivity index (χ4n) is 5.12. The van der Waals surface area contributed by atoms with Crippen molar-refractivity contribution in [1.29, 1.82) is 0 Å². The third kappa shape index (κ3) is 16.3. The van der Waals surface area contributed by atoms with Crippen LogP contribution in [0.4, 0.5) is 33.3 Å². The van der Waals surface area contributed by atoms with E-state index in [1.165, 1.54) is 44.7 Å². The van der Waals surface area contributed by atoms with Gasteiger partial charge in [0.05, 0.1) is 48.9 Å². The van der Waals surface area contributed by atoms with Crippen LogP contribution in [0.15, 0.2) is 85.5 Å². The Kier molecular flexibility index (Phi) is 24.2. The average Bonchev–Trinajstić information content (AvgIpc) is 3.87. The van der Waals surface area contributed by atoms with Crippen LogP contribution in [-0.4, -0.2) is 64.3 Å². The summed E-state index contributed by atoms with van der Waals surface area (Å²) in [6.45, 7) is 16.2. The molecule has 0 spiro atoms. The van der Waals surface area contributed by atoms with Crippen LogP contribution in [0.2, 0.25) is 5.02 Å². The number of Topliss-reactive ketones (excluding diaryl/α,β-unsaturated/α-hetero) is 2. The van der Waals surface area contributed by atoms with Gasteiger partial charge in [-0.1, -0.05) is 76.1 Å². The molecule has 22 heteroatoms. The number of benzene rings is 4. The smallest absolute Gasteiger partial charge is 1.00 e. The van der Waals surface area contributed by atoms with E-state index in [4.69, 9.17) is 34.8 Å². The van der Waals surface area contributed by atoms with Crippen molar-refractivity contribution in [2.45, 2.75) is 50.6 Å². The van der Waals surface area contributed by atoms with Gasteiger partial charge in [-0.3, -0.25) is 14.4 Å². The molecule has 0 amide bonds. The van der Waals surface area contributed by atoms with Gasteiger partial charge in [-0.25, -0.2) is 28.4 Å². The van der Waals surface area contributed by atoms with Crippen molar-refractivity contribution in [3.8, 4) is 0 Å². The maximum absolute atomic E-state index is 13.7. The molecule has 316 valence electrons. The van der Waals surface area contributed by atoms with Gasteiger partial charge in [0.2, 0.25) is 5.69 Å². The van der Waals surface area contributed by atoms with Crippen molar-refractivity contribution in [2.24, 2.45) is 0 Å². The number of halogens is 7. The summed E-state index contributed by atoms with van der Waals surface area (Å²) in [6.07, 6.45) is -2.15. The molecule has 2 atom stereocenters. The van der Waals surface area contributed by atoms with Crippen LogP contribution in [0.1, 0.15) is 32.0 Å². The van der Waals surface area contributed by atoms with Crippen LogP contribution >= 0.6 is 27.5 Å². The molecule has 2 aromatic heterocycles. The molecule has 0 unspecified atom stereocenters. The van der Waals surface area contributed by atoms with Crippen LogP contribution in [0.5, 0.6) is 0 Å². The summed E-state index contributed by atoms with van der Waals surface area (Å²) in [5.74, 6) is -1.75. The Hall–Kier alpha value is -2.82. The third-order valence-corrected chi connectivity index (χ3v) is 9.72. The number of alkyl halides is 4. The van der Waals surface area contributed by atoms with Gasteiger partial charge in [-0.15, -0.1) is 0 Å². The first-order valence-electron chi connectivity index (χ1n) is 16.9. The zero-order chi connectivity index (χ0) is 44.8. The number of carbonyl (C=O) groups excluding carboxylic acids is 3. The standard InChI is InChI=1S/C19H15ClFN3O2.C13H11BrF3NO2.C7H5FN2.CH2O3.2K.H/c1-19(26,10-24-11-23-18-14(21)4-3-5-16(18)24)17(25)9-12-6-7-15(22-2)13(20)8-12;1-12(20,7-14)11(19)6-8-3-4-10(18-2)9(5-8)13(15,16)17;8-5-2-1-3-6-7(5)10-4-9-6;2-1-4-3;;;/h3-8,11,26H,9-10H2,1H3;3-5,20H,6-7H2,1H3;1-4H,(H,9,10);1,3H;;;/q;;;;2*+1;-1/p-1/t19-;12-;;;;;/m00...../s1. The second kappa shape index (κ2) is 26.2. The minimum Gasteiger partial charge on any atom is -1.00 e. The van der Waals surface area contributed by atoms with Gasteiger partial charge in [0.1, 0.15) is 22.2 Å². The first-order valence-corrected chi connectivity index (χ1v) is 18.4. The fraction of sp³-hybridized carbons (Fsp3) is 0.225. The molecule has 0 aliphatic carbocycles. The molecule has 2 heterocycles. The Bertz CT molecular complexity index is 2570. The van der Waals surface area contributed by atoms with Gasteiger partial charge >= 0.3 is 109 Å². The van der Waals surface area contributed by atoms with E-state index >= 15 is 0 Å². The zero-order valence-electron chi connectivity index (χ0n) is 34.3. The molecule has 0 aliphatic heterocycles. The molecular formula is C40H33BrClF5K2N6O7. The van der Waals surface area contributed by atoms with Gasteiger partial charge in [0.25, 0.3) is 6.47 Å². The first-order chi connectivity index (χ1) is 28.2. The van der Waals surface area contributed by atoms with E-state index in [9.17, 15) is 41.8 Å². The maximum atomic E-state index is 13.7. The van der Waals surface area contributed by atoms with Crippen molar-refractivity contribution >= 4 is 79.0 Å². The molecule has 0 aliphatic rings. The Labute approximate surface area is 451 Å². The minimum atomic E-state index is -4.66. The number of aromatic nitrogens is 4. The summed E-state index contributed by atoms with van der Waals surface area (Å²) in [7, 11) is 0. The number of aromatic amines is 1. The monoisotopic (exact) mass is 996 g/mol.